The lowest BCUT2D eigenvalue weighted by Gasteiger charge is -2.34. The fourth-order valence-electron chi connectivity index (χ4n) is 4.05. The summed E-state index contributed by atoms with van der Waals surface area (Å²) < 4.78 is 91.0. The summed E-state index contributed by atoms with van der Waals surface area (Å²) in [5.74, 6) is -5.18. The van der Waals surface area contributed by atoms with Crippen molar-refractivity contribution < 1.29 is 45.7 Å². The van der Waals surface area contributed by atoms with E-state index in [1.54, 1.807) is 6.07 Å². The zero-order valence-corrected chi connectivity index (χ0v) is 22.4. The van der Waals surface area contributed by atoms with Gasteiger partial charge in [0.25, 0.3) is 5.91 Å². The SMILES string of the molecule is [2H]C([2H])(OP1(=O)OCc2c(F)c(C(C)(C)C)cc(C(C)(C)C)c2O1)[C@]1(F)C[C@@H](O)[C@]([2H])(N2C=CC(=O)NC2=C)O1. The predicted molar refractivity (Wildman–Crippen MR) is 130 cm³/mol. The molecule has 9 nitrogen and oxygen atoms in total. The Hall–Kier alpha value is -2.30. The summed E-state index contributed by atoms with van der Waals surface area (Å²) >= 11 is 0. The molecule has 0 bridgehead atoms. The van der Waals surface area contributed by atoms with E-state index in [0.717, 1.165) is 17.2 Å². The van der Waals surface area contributed by atoms with Crippen molar-refractivity contribution in [3.8, 4) is 5.75 Å². The van der Waals surface area contributed by atoms with E-state index < -0.39 is 68.1 Å². The second-order valence-corrected chi connectivity index (χ2v) is 12.6. The van der Waals surface area contributed by atoms with Crippen molar-refractivity contribution in [2.24, 2.45) is 0 Å². The molecule has 0 spiro atoms. The molecule has 1 amide bonds. The van der Waals surface area contributed by atoms with Crippen LogP contribution in [0, 0.1) is 5.82 Å². The first kappa shape index (κ1) is 23.8. The Bertz CT molecular complexity index is 1350. The quantitative estimate of drug-likeness (QED) is 0.527. The van der Waals surface area contributed by atoms with E-state index >= 15 is 8.78 Å². The second kappa shape index (κ2) is 9.17. The van der Waals surface area contributed by atoms with Crippen LogP contribution in [0.1, 0.15) is 68.8 Å². The fourth-order valence-corrected chi connectivity index (χ4v) is 5.16. The average Bonchev–Trinajstić information content (AvgIpc) is 3.01. The molecule has 3 aliphatic heterocycles. The Morgan fingerprint density at radius 3 is 2.59 bits per heavy atom. The number of hydrogen-bond donors (Lipinski definition) is 2. The van der Waals surface area contributed by atoms with Gasteiger partial charge in [0, 0.05) is 24.3 Å². The maximum absolute atomic E-state index is 16.1. The summed E-state index contributed by atoms with van der Waals surface area (Å²) in [6.07, 6.45) is -3.82. The van der Waals surface area contributed by atoms with E-state index in [0.29, 0.717) is 11.1 Å². The largest absolute Gasteiger partial charge is 0.530 e. The Morgan fingerprint density at radius 1 is 1.35 bits per heavy atom. The van der Waals surface area contributed by atoms with Gasteiger partial charge in [-0.15, -0.1) is 0 Å². The number of nitrogens with one attached hydrogen (secondary N) is 1. The van der Waals surface area contributed by atoms with Gasteiger partial charge in [0.1, 0.15) is 30.1 Å². The van der Waals surface area contributed by atoms with E-state index in [1.165, 1.54) is 0 Å². The van der Waals surface area contributed by atoms with Gasteiger partial charge in [-0.3, -0.25) is 13.8 Å². The van der Waals surface area contributed by atoms with Crippen molar-refractivity contribution >= 4 is 13.7 Å². The van der Waals surface area contributed by atoms with Crippen molar-refractivity contribution in [1.29, 1.82) is 0 Å². The van der Waals surface area contributed by atoms with Crippen LogP contribution in [0.3, 0.4) is 0 Å². The van der Waals surface area contributed by atoms with Gasteiger partial charge in [0.15, 0.2) is 6.20 Å². The highest BCUT2D eigenvalue weighted by molar-refractivity contribution is 7.49. The number of carbonyl (C=O) groups excluding carboxylic acids is 1. The molecular weight excluding hydrogens is 509 g/mol. The summed E-state index contributed by atoms with van der Waals surface area (Å²) in [6.45, 7) is 10.2. The standard InChI is InChI=1S/C25H33F2N2O7P/c1-14-28-19(31)8-9-29(14)22-18(30)11-25(27,35-22)13-34-37(32)33-12-15-20(26)16(23(2,3)4)10-17(21(15)36-37)24(5,6)7/h8-10,18,22,30H,1,11-13H2,2-7H3,(H,28,31)/t18-,22-,25+,37?/m1/s1/i13D2,22D. The molecule has 1 aromatic rings. The highest BCUT2D eigenvalue weighted by Gasteiger charge is 2.52. The third-order valence-electron chi connectivity index (χ3n) is 5.98. The van der Waals surface area contributed by atoms with E-state index in [9.17, 15) is 14.5 Å². The van der Waals surface area contributed by atoms with E-state index in [1.807, 2.05) is 41.5 Å². The third kappa shape index (κ3) is 5.47. The molecule has 3 heterocycles. The average molecular weight is 546 g/mol. The summed E-state index contributed by atoms with van der Waals surface area (Å²) in [7, 11) is -4.96. The van der Waals surface area contributed by atoms with Gasteiger partial charge in [-0.2, -0.15) is 0 Å². The molecule has 1 aromatic carbocycles. The molecule has 37 heavy (non-hydrogen) atoms. The van der Waals surface area contributed by atoms with Gasteiger partial charge < -0.3 is 24.6 Å². The molecule has 4 rings (SSSR count). The van der Waals surface area contributed by atoms with E-state index in [2.05, 4.69) is 11.9 Å². The topological polar surface area (TPSA) is 107 Å². The molecule has 2 N–H and O–H groups in total. The maximum atomic E-state index is 16.1. The minimum atomic E-state index is -4.96. The summed E-state index contributed by atoms with van der Waals surface area (Å²) in [5, 5.41) is 12.8. The van der Waals surface area contributed by atoms with Crippen LogP contribution in [-0.4, -0.2) is 40.6 Å². The first-order chi connectivity index (χ1) is 18.0. The van der Waals surface area contributed by atoms with Crippen LogP contribution in [-0.2, 0) is 40.6 Å². The normalized spacial score (nSPS) is 33.8. The molecule has 1 fully saturated rings. The number of fused-ring (bicyclic) bond motifs is 1. The van der Waals surface area contributed by atoms with Crippen LogP contribution in [0.15, 0.2) is 30.7 Å². The van der Waals surface area contributed by atoms with Crippen LogP contribution in [0.25, 0.3) is 0 Å². The summed E-state index contributed by atoms with van der Waals surface area (Å²) in [6, 6.07) is 1.58. The monoisotopic (exact) mass is 545 g/mol. The summed E-state index contributed by atoms with van der Waals surface area (Å²) in [4.78, 5) is 12.3. The van der Waals surface area contributed by atoms with Gasteiger partial charge in [-0.1, -0.05) is 48.1 Å². The Morgan fingerprint density at radius 2 is 2.00 bits per heavy atom. The highest BCUT2D eigenvalue weighted by atomic mass is 31.2. The molecular formula is C25H33F2N2O7P. The molecule has 0 aromatic heterocycles. The smallest absolute Gasteiger partial charge is 0.403 e. The van der Waals surface area contributed by atoms with Crippen LogP contribution < -0.4 is 9.84 Å². The second-order valence-electron chi connectivity index (χ2n) is 11.1. The van der Waals surface area contributed by atoms with Crippen molar-refractivity contribution in [3.05, 3.63) is 53.2 Å². The number of benzene rings is 1. The molecule has 0 saturated carbocycles. The third-order valence-corrected chi connectivity index (χ3v) is 7.15. The van der Waals surface area contributed by atoms with Gasteiger partial charge in [-0.25, -0.2) is 13.3 Å². The van der Waals surface area contributed by atoms with Gasteiger partial charge in [-0.05, 0) is 22.5 Å². The van der Waals surface area contributed by atoms with Crippen LogP contribution in [0.4, 0.5) is 8.78 Å². The van der Waals surface area contributed by atoms with Crippen molar-refractivity contribution in [2.75, 3.05) is 6.56 Å². The number of halogens is 2. The number of amides is 1. The van der Waals surface area contributed by atoms with Crippen molar-refractivity contribution in [1.82, 2.24) is 10.2 Å². The van der Waals surface area contributed by atoms with E-state index in [-0.39, 0.29) is 17.1 Å². The van der Waals surface area contributed by atoms with Gasteiger partial charge >= 0.3 is 7.82 Å². The molecule has 3 aliphatic rings. The first-order valence-corrected chi connectivity index (χ1v) is 13.0. The van der Waals surface area contributed by atoms with Crippen molar-refractivity contribution in [2.45, 2.75) is 83.6 Å². The number of nitrogens with zero attached hydrogens (tertiary/aromatic N) is 1. The van der Waals surface area contributed by atoms with Gasteiger partial charge in [0.2, 0.25) is 5.85 Å². The number of phosphoric acid groups is 1. The molecule has 204 valence electrons. The number of alkyl halides is 1. The number of aliphatic hydroxyl groups is 1. The molecule has 0 aliphatic carbocycles. The number of phosphoric ester groups is 1. The lowest BCUT2D eigenvalue weighted by atomic mass is 9.78. The van der Waals surface area contributed by atoms with Crippen LogP contribution in [0.2, 0.25) is 0 Å². The Kier molecular flexibility index (Phi) is 5.89. The minimum absolute atomic E-state index is 0.0434. The number of carbonyl (C=O) groups is 1. The fraction of sp³-hybridized carbons (Fsp3) is 0.560. The van der Waals surface area contributed by atoms with E-state index in [4.69, 9.17) is 22.4 Å². The predicted octanol–water partition coefficient (Wildman–Crippen LogP) is 4.64. The molecule has 0 radical (unpaired) electrons. The zero-order valence-electron chi connectivity index (χ0n) is 24.5. The van der Waals surface area contributed by atoms with Crippen LogP contribution in [0.5, 0.6) is 5.75 Å². The Labute approximate surface area is 219 Å². The molecule has 1 saturated heterocycles. The van der Waals surface area contributed by atoms with Crippen LogP contribution >= 0.6 is 7.82 Å². The number of ether oxygens (including phenoxy) is 1. The minimum Gasteiger partial charge on any atom is -0.403 e. The maximum Gasteiger partial charge on any atom is 0.530 e. The zero-order chi connectivity index (χ0) is 30.3. The first-order valence-electron chi connectivity index (χ1n) is 13.1. The van der Waals surface area contributed by atoms with Crippen molar-refractivity contribution in [3.63, 3.8) is 0 Å². The Balaban J connectivity index is 1.67. The number of hydrogen-bond acceptors (Lipinski definition) is 8. The number of aliphatic hydroxyl groups excluding tert-OH is 1. The molecule has 12 heteroatoms. The highest BCUT2D eigenvalue weighted by Crippen LogP contribution is 2.58. The number of rotatable bonds is 4. The lowest BCUT2D eigenvalue weighted by molar-refractivity contribution is -0.184. The molecule has 1 unspecified atom stereocenters. The van der Waals surface area contributed by atoms with Gasteiger partial charge in [0.05, 0.1) is 16.3 Å². The lowest BCUT2D eigenvalue weighted by Crippen LogP contribution is -2.45. The summed E-state index contributed by atoms with van der Waals surface area (Å²) in [5.41, 5.74) is -0.479. The molecule has 4 atom stereocenters.